The fourth-order valence-corrected chi connectivity index (χ4v) is 1.87. The van der Waals surface area contributed by atoms with E-state index in [0.29, 0.717) is 11.4 Å². The normalized spacial score (nSPS) is 17.4. The number of rotatable bonds is 1. The average Bonchev–Trinajstić information content (AvgIpc) is 2.56. The highest BCUT2D eigenvalue weighted by Crippen LogP contribution is 2.24. The molecule has 0 unspecified atom stereocenters. The molecule has 0 spiro atoms. The average molecular weight is 220 g/mol. The molecule has 1 aliphatic heterocycles. The van der Waals surface area contributed by atoms with Gasteiger partial charge in [0.2, 0.25) is 0 Å². The van der Waals surface area contributed by atoms with Crippen LogP contribution in [0.3, 0.4) is 0 Å². The Morgan fingerprint density at radius 3 is 2.44 bits per heavy atom. The zero-order valence-corrected chi connectivity index (χ0v) is 9.64. The fraction of sp³-hybridized carbons (Fsp3) is 0.600. The molecule has 0 bridgehead atoms. The van der Waals surface area contributed by atoms with E-state index in [4.69, 9.17) is 11.0 Å². The van der Waals surface area contributed by atoms with Crippen LogP contribution >= 0.6 is 0 Å². The summed E-state index contributed by atoms with van der Waals surface area (Å²) in [5, 5.41) is 13.4. The van der Waals surface area contributed by atoms with Crippen molar-refractivity contribution in [2.75, 3.05) is 43.9 Å². The molecular weight excluding hydrogens is 204 g/mol. The highest BCUT2D eigenvalue weighted by atomic mass is 15.4. The van der Waals surface area contributed by atoms with Gasteiger partial charge in [-0.2, -0.15) is 10.4 Å². The van der Waals surface area contributed by atoms with Crippen LogP contribution in [0, 0.1) is 11.3 Å². The molecule has 1 aliphatic rings. The number of likely N-dealkylation sites (N-methyl/N-ethyl adjacent to an activating group) is 1. The monoisotopic (exact) mass is 220 g/mol. The number of nitrogens with two attached hydrogens (primary N) is 1. The molecule has 1 saturated heterocycles. The quantitative estimate of drug-likeness (QED) is 0.698. The highest BCUT2D eigenvalue weighted by molar-refractivity contribution is 5.65. The van der Waals surface area contributed by atoms with Gasteiger partial charge < -0.3 is 15.5 Å². The summed E-state index contributed by atoms with van der Waals surface area (Å²) in [6.45, 7) is 3.76. The van der Waals surface area contributed by atoms with Gasteiger partial charge >= 0.3 is 0 Å². The van der Waals surface area contributed by atoms with E-state index >= 15 is 0 Å². The van der Waals surface area contributed by atoms with Crippen molar-refractivity contribution in [1.29, 1.82) is 5.26 Å². The largest absolute Gasteiger partial charge is 0.383 e. The Morgan fingerprint density at radius 1 is 1.25 bits per heavy atom. The Labute approximate surface area is 94.8 Å². The summed E-state index contributed by atoms with van der Waals surface area (Å²) in [4.78, 5) is 4.38. The number of anilines is 2. The number of piperazine rings is 1. The molecule has 0 aliphatic carbocycles. The molecule has 0 saturated carbocycles. The Hall–Kier alpha value is -1.74. The van der Waals surface area contributed by atoms with Crippen LogP contribution in [0.25, 0.3) is 0 Å². The summed E-state index contributed by atoms with van der Waals surface area (Å²) >= 11 is 0. The smallest absolute Gasteiger partial charge is 0.170 e. The van der Waals surface area contributed by atoms with Crippen molar-refractivity contribution in [3.05, 3.63) is 5.56 Å². The maximum Gasteiger partial charge on any atom is 0.170 e. The third-order valence-corrected chi connectivity index (χ3v) is 2.99. The van der Waals surface area contributed by atoms with Crippen molar-refractivity contribution in [2.24, 2.45) is 7.05 Å². The van der Waals surface area contributed by atoms with E-state index in [1.54, 1.807) is 11.7 Å². The molecule has 86 valence electrons. The lowest BCUT2D eigenvalue weighted by molar-refractivity contribution is 0.312. The molecule has 0 atom stereocenters. The lowest BCUT2D eigenvalue weighted by Gasteiger charge is -2.32. The minimum Gasteiger partial charge on any atom is -0.383 e. The summed E-state index contributed by atoms with van der Waals surface area (Å²) < 4.78 is 1.56. The molecule has 1 aromatic heterocycles. The van der Waals surface area contributed by atoms with Crippen molar-refractivity contribution in [2.45, 2.75) is 0 Å². The second kappa shape index (κ2) is 4.02. The lowest BCUT2D eigenvalue weighted by Crippen LogP contribution is -2.45. The molecule has 6 nitrogen and oxygen atoms in total. The standard InChI is InChI=1S/C10H16N6/c1-14-3-5-16(6-4-14)10-8(7-11)9(12)15(2)13-10/h3-6,12H2,1-2H3. The van der Waals surface area contributed by atoms with E-state index in [9.17, 15) is 0 Å². The molecule has 2 N–H and O–H groups in total. The molecule has 0 aromatic carbocycles. The van der Waals surface area contributed by atoms with Gasteiger partial charge in [-0.1, -0.05) is 0 Å². The van der Waals surface area contributed by atoms with Crippen molar-refractivity contribution in [1.82, 2.24) is 14.7 Å². The van der Waals surface area contributed by atoms with Crippen LogP contribution in [-0.2, 0) is 7.05 Å². The van der Waals surface area contributed by atoms with Gasteiger partial charge in [0.05, 0.1) is 0 Å². The van der Waals surface area contributed by atoms with Gasteiger partial charge in [0.15, 0.2) is 5.82 Å². The third kappa shape index (κ3) is 1.70. The molecule has 0 amide bonds. The Morgan fingerprint density at radius 2 is 1.88 bits per heavy atom. The molecule has 2 rings (SSSR count). The van der Waals surface area contributed by atoms with Gasteiger partial charge in [0.1, 0.15) is 17.5 Å². The van der Waals surface area contributed by atoms with Gasteiger partial charge in [-0.15, -0.1) is 0 Å². The van der Waals surface area contributed by atoms with E-state index in [2.05, 4.69) is 28.0 Å². The summed E-state index contributed by atoms with van der Waals surface area (Å²) in [7, 11) is 3.85. The Balaban J connectivity index is 2.27. The maximum atomic E-state index is 9.07. The Bertz CT molecular complexity index is 421. The predicted molar refractivity (Wildman–Crippen MR) is 62.0 cm³/mol. The molecule has 1 fully saturated rings. The highest BCUT2D eigenvalue weighted by Gasteiger charge is 2.22. The molecule has 2 heterocycles. The molecular formula is C10H16N6. The van der Waals surface area contributed by atoms with Crippen LogP contribution in [0.5, 0.6) is 0 Å². The number of hydrogen-bond acceptors (Lipinski definition) is 5. The second-order valence-electron chi connectivity index (χ2n) is 4.11. The summed E-state index contributed by atoms with van der Waals surface area (Å²) in [6, 6.07) is 2.13. The van der Waals surface area contributed by atoms with Crippen molar-refractivity contribution < 1.29 is 0 Å². The van der Waals surface area contributed by atoms with E-state index in [1.807, 2.05) is 0 Å². The zero-order valence-electron chi connectivity index (χ0n) is 9.64. The van der Waals surface area contributed by atoms with E-state index < -0.39 is 0 Å². The first kappa shape index (κ1) is 10.8. The minimum atomic E-state index is 0.441. The van der Waals surface area contributed by atoms with Gasteiger partial charge in [-0.3, -0.25) is 0 Å². The topological polar surface area (TPSA) is 74.1 Å². The first-order valence-electron chi connectivity index (χ1n) is 5.29. The maximum absolute atomic E-state index is 9.07. The third-order valence-electron chi connectivity index (χ3n) is 2.99. The summed E-state index contributed by atoms with van der Waals surface area (Å²) in [5.41, 5.74) is 6.28. The lowest BCUT2D eigenvalue weighted by atomic mass is 10.2. The number of nitriles is 1. The van der Waals surface area contributed by atoms with Crippen LogP contribution in [0.1, 0.15) is 5.56 Å². The van der Waals surface area contributed by atoms with Gasteiger partial charge in [0, 0.05) is 33.2 Å². The molecule has 0 radical (unpaired) electrons. The number of hydrogen-bond donors (Lipinski definition) is 1. The first-order valence-corrected chi connectivity index (χ1v) is 5.29. The minimum absolute atomic E-state index is 0.441. The van der Waals surface area contributed by atoms with Crippen molar-refractivity contribution >= 4 is 11.6 Å². The Kier molecular flexibility index (Phi) is 2.71. The molecule has 16 heavy (non-hydrogen) atoms. The van der Waals surface area contributed by atoms with E-state index in [1.165, 1.54) is 0 Å². The second-order valence-corrected chi connectivity index (χ2v) is 4.11. The van der Waals surface area contributed by atoms with Crippen LogP contribution in [0.2, 0.25) is 0 Å². The predicted octanol–water partition coefficient (Wildman–Crippen LogP) is -0.374. The number of nitrogen functional groups attached to an aromatic ring is 1. The van der Waals surface area contributed by atoms with Crippen LogP contribution in [-0.4, -0.2) is 47.9 Å². The SMILES string of the molecule is CN1CCN(c2nn(C)c(N)c2C#N)CC1. The first-order chi connectivity index (χ1) is 7.63. The van der Waals surface area contributed by atoms with Crippen LogP contribution in [0.4, 0.5) is 11.6 Å². The fourth-order valence-electron chi connectivity index (χ4n) is 1.87. The van der Waals surface area contributed by atoms with E-state index in [-0.39, 0.29) is 0 Å². The van der Waals surface area contributed by atoms with Gasteiger partial charge in [-0.25, -0.2) is 4.68 Å². The summed E-state index contributed by atoms with van der Waals surface area (Å²) in [6.07, 6.45) is 0. The van der Waals surface area contributed by atoms with Gasteiger partial charge in [0.25, 0.3) is 0 Å². The molecule has 1 aromatic rings. The molecule has 6 heteroatoms. The van der Waals surface area contributed by atoms with Crippen molar-refractivity contribution in [3.63, 3.8) is 0 Å². The zero-order chi connectivity index (χ0) is 11.7. The summed E-state index contributed by atoms with van der Waals surface area (Å²) in [5.74, 6) is 1.16. The number of nitrogens with zero attached hydrogens (tertiary/aromatic N) is 5. The van der Waals surface area contributed by atoms with Crippen molar-refractivity contribution in [3.8, 4) is 6.07 Å². The number of aryl methyl sites for hydroxylation is 1. The van der Waals surface area contributed by atoms with Crippen LogP contribution < -0.4 is 10.6 Å². The number of aromatic nitrogens is 2. The van der Waals surface area contributed by atoms with Gasteiger partial charge in [-0.05, 0) is 7.05 Å². The van der Waals surface area contributed by atoms with Crippen LogP contribution in [0.15, 0.2) is 0 Å². The van der Waals surface area contributed by atoms with E-state index in [0.717, 1.165) is 32.0 Å².